The van der Waals surface area contributed by atoms with Crippen LogP contribution in [0.1, 0.15) is 19.4 Å². The fourth-order valence-corrected chi connectivity index (χ4v) is 4.81. The molecule has 1 aromatic heterocycles. The average molecular weight is 402 g/mol. The Kier molecular flexibility index (Phi) is 7.42. The number of benzene rings is 1. The van der Waals surface area contributed by atoms with Crippen molar-refractivity contribution in [2.24, 2.45) is 0 Å². The van der Waals surface area contributed by atoms with Gasteiger partial charge in [-0.05, 0) is 13.0 Å². The van der Waals surface area contributed by atoms with Crippen LogP contribution in [0, 0.1) is 11.6 Å². The molecular formula is C16H20F2N4O2S2. The quantitative estimate of drug-likeness (QED) is 0.495. The predicted octanol–water partition coefficient (Wildman–Crippen LogP) is 2.35. The first-order valence-corrected chi connectivity index (χ1v) is 10.2. The summed E-state index contributed by atoms with van der Waals surface area (Å²) in [5.41, 5.74) is -1.63. The maximum absolute atomic E-state index is 14.4. The van der Waals surface area contributed by atoms with Gasteiger partial charge in [-0.2, -0.15) is 5.10 Å². The van der Waals surface area contributed by atoms with E-state index in [2.05, 4.69) is 15.4 Å². The van der Waals surface area contributed by atoms with Gasteiger partial charge in [0.2, 0.25) is 5.91 Å². The number of nitrogens with zero attached hydrogens (tertiary/aromatic N) is 3. The molecule has 26 heavy (non-hydrogen) atoms. The van der Waals surface area contributed by atoms with Gasteiger partial charge in [-0.25, -0.2) is 18.4 Å². The Bertz CT molecular complexity index is 733. The Morgan fingerprint density at radius 1 is 1.46 bits per heavy atom. The molecule has 0 saturated carbocycles. The summed E-state index contributed by atoms with van der Waals surface area (Å²) in [6.45, 7) is 3.66. The molecule has 1 aromatic carbocycles. The number of halogens is 2. The van der Waals surface area contributed by atoms with Gasteiger partial charge < -0.3 is 10.4 Å². The van der Waals surface area contributed by atoms with Crippen molar-refractivity contribution in [1.29, 1.82) is 0 Å². The second kappa shape index (κ2) is 9.33. The van der Waals surface area contributed by atoms with Crippen LogP contribution in [0.3, 0.4) is 0 Å². The summed E-state index contributed by atoms with van der Waals surface area (Å²) in [6.07, 6.45) is 2.75. The Labute approximate surface area is 158 Å². The summed E-state index contributed by atoms with van der Waals surface area (Å²) in [7, 11) is 2.80. The molecule has 0 aliphatic carbocycles. The van der Waals surface area contributed by atoms with E-state index in [-0.39, 0.29) is 18.0 Å². The molecule has 2 rings (SSSR count). The zero-order chi connectivity index (χ0) is 19.2. The standard InChI is InChI=1S/C16H20F2N4O2S2/c1-11(26-25-6-5-20-12(2)23)16(24,8-22-10-19-9-21-22)14-4-3-13(17)7-15(14)18/h3-4,7,9-11,24H,5-6,8H2,1-2H3,(H,20,23)/t11-,16-/m1/s1. The summed E-state index contributed by atoms with van der Waals surface area (Å²) in [5.74, 6) is -1.01. The van der Waals surface area contributed by atoms with E-state index in [0.29, 0.717) is 12.3 Å². The fraction of sp³-hybridized carbons (Fsp3) is 0.438. The monoisotopic (exact) mass is 402 g/mol. The fourth-order valence-electron chi connectivity index (χ4n) is 2.33. The third-order valence-corrected chi connectivity index (χ3v) is 6.67. The van der Waals surface area contributed by atoms with Gasteiger partial charge >= 0.3 is 0 Å². The molecule has 142 valence electrons. The lowest BCUT2D eigenvalue weighted by Gasteiger charge is -2.34. The van der Waals surface area contributed by atoms with Crippen LogP contribution in [0.15, 0.2) is 30.9 Å². The van der Waals surface area contributed by atoms with Crippen LogP contribution in [0.25, 0.3) is 0 Å². The molecule has 1 amide bonds. The molecule has 1 heterocycles. The van der Waals surface area contributed by atoms with Crippen LogP contribution in [0.4, 0.5) is 8.78 Å². The van der Waals surface area contributed by atoms with Crippen LogP contribution in [0.2, 0.25) is 0 Å². The van der Waals surface area contributed by atoms with E-state index in [1.165, 1.54) is 51.9 Å². The largest absolute Gasteiger partial charge is 0.382 e. The molecule has 0 aliphatic heterocycles. The summed E-state index contributed by atoms with van der Waals surface area (Å²) >= 11 is 0. The number of hydrogen-bond acceptors (Lipinski definition) is 6. The van der Waals surface area contributed by atoms with Crippen LogP contribution >= 0.6 is 21.6 Å². The van der Waals surface area contributed by atoms with Crippen LogP contribution in [0.5, 0.6) is 0 Å². The minimum absolute atomic E-state index is 0.00291. The topological polar surface area (TPSA) is 80.0 Å². The Balaban J connectivity index is 2.15. The number of aliphatic hydroxyl groups is 1. The number of amides is 1. The van der Waals surface area contributed by atoms with Crippen LogP contribution < -0.4 is 5.32 Å². The first-order valence-electron chi connectivity index (χ1n) is 7.86. The molecule has 2 atom stereocenters. The first kappa shape index (κ1) is 20.7. The maximum atomic E-state index is 14.4. The summed E-state index contributed by atoms with van der Waals surface area (Å²) in [5, 5.41) is 17.5. The highest BCUT2D eigenvalue weighted by Gasteiger charge is 2.39. The van der Waals surface area contributed by atoms with Crippen LogP contribution in [-0.2, 0) is 16.9 Å². The summed E-state index contributed by atoms with van der Waals surface area (Å²) < 4.78 is 29.0. The third kappa shape index (κ3) is 5.42. The number of nitrogens with one attached hydrogen (secondary N) is 1. The zero-order valence-electron chi connectivity index (χ0n) is 14.4. The van der Waals surface area contributed by atoms with Gasteiger partial charge in [0, 0.05) is 36.1 Å². The molecule has 0 radical (unpaired) electrons. The van der Waals surface area contributed by atoms with E-state index in [1.54, 1.807) is 6.92 Å². The highest BCUT2D eigenvalue weighted by molar-refractivity contribution is 8.76. The SMILES string of the molecule is CC(=O)NCCSS[C@H](C)[C@](O)(Cn1cncn1)c1ccc(F)cc1F. The number of hydrogen-bond donors (Lipinski definition) is 2. The molecule has 0 unspecified atom stereocenters. The van der Waals surface area contributed by atoms with Crippen molar-refractivity contribution < 1.29 is 18.7 Å². The van der Waals surface area contributed by atoms with Gasteiger partial charge in [0.25, 0.3) is 0 Å². The molecule has 2 N–H and O–H groups in total. The average Bonchev–Trinajstić information content (AvgIpc) is 3.06. The minimum Gasteiger partial charge on any atom is -0.382 e. The number of carbonyl (C=O) groups excluding carboxylic acids is 1. The maximum Gasteiger partial charge on any atom is 0.216 e. The molecule has 0 spiro atoms. The van der Waals surface area contributed by atoms with E-state index in [9.17, 15) is 18.7 Å². The van der Waals surface area contributed by atoms with Gasteiger partial charge in [0.15, 0.2) is 0 Å². The lowest BCUT2D eigenvalue weighted by molar-refractivity contribution is -0.118. The van der Waals surface area contributed by atoms with Crippen molar-refractivity contribution in [2.45, 2.75) is 31.2 Å². The van der Waals surface area contributed by atoms with Crippen molar-refractivity contribution in [3.05, 3.63) is 48.1 Å². The van der Waals surface area contributed by atoms with Gasteiger partial charge in [-0.1, -0.05) is 27.7 Å². The lowest BCUT2D eigenvalue weighted by atomic mass is 9.90. The smallest absolute Gasteiger partial charge is 0.216 e. The highest BCUT2D eigenvalue weighted by atomic mass is 33.1. The Morgan fingerprint density at radius 2 is 2.23 bits per heavy atom. The second-order valence-corrected chi connectivity index (χ2v) is 8.51. The van der Waals surface area contributed by atoms with E-state index in [4.69, 9.17) is 0 Å². The van der Waals surface area contributed by atoms with E-state index in [0.717, 1.165) is 12.1 Å². The predicted molar refractivity (Wildman–Crippen MR) is 98.5 cm³/mol. The normalized spacial score (nSPS) is 14.7. The summed E-state index contributed by atoms with van der Waals surface area (Å²) in [6, 6.07) is 3.12. The Hall–Kier alpha value is -1.65. The van der Waals surface area contributed by atoms with Gasteiger partial charge in [-0.3, -0.25) is 4.79 Å². The first-order chi connectivity index (χ1) is 12.3. The van der Waals surface area contributed by atoms with E-state index in [1.807, 2.05) is 0 Å². The van der Waals surface area contributed by atoms with Crippen molar-refractivity contribution in [3.8, 4) is 0 Å². The molecule has 2 aromatic rings. The second-order valence-electron chi connectivity index (χ2n) is 5.68. The molecule has 0 fully saturated rings. The Morgan fingerprint density at radius 3 is 2.85 bits per heavy atom. The zero-order valence-corrected chi connectivity index (χ0v) is 16.0. The lowest BCUT2D eigenvalue weighted by Crippen LogP contribution is -2.41. The van der Waals surface area contributed by atoms with Crippen molar-refractivity contribution in [3.63, 3.8) is 0 Å². The molecule has 0 aliphatic rings. The van der Waals surface area contributed by atoms with Gasteiger partial charge in [-0.15, -0.1) is 0 Å². The molecular weight excluding hydrogens is 382 g/mol. The number of carbonyl (C=O) groups is 1. The molecule has 6 nitrogen and oxygen atoms in total. The molecule has 10 heteroatoms. The highest BCUT2D eigenvalue weighted by Crippen LogP contribution is 2.40. The van der Waals surface area contributed by atoms with Crippen LogP contribution in [-0.4, -0.2) is 43.3 Å². The van der Waals surface area contributed by atoms with Crippen molar-refractivity contribution in [2.75, 3.05) is 12.3 Å². The van der Waals surface area contributed by atoms with Gasteiger partial charge in [0.1, 0.15) is 29.9 Å². The number of aromatic nitrogens is 3. The van der Waals surface area contributed by atoms with Gasteiger partial charge in [0.05, 0.1) is 6.54 Å². The summed E-state index contributed by atoms with van der Waals surface area (Å²) in [4.78, 5) is 14.7. The minimum atomic E-state index is -1.63. The molecule has 0 saturated heterocycles. The van der Waals surface area contributed by atoms with Crippen molar-refractivity contribution >= 4 is 27.5 Å². The van der Waals surface area contributed by atoms with Crippen molar-refractivity contribution in [1.82, 2.24) is 20.1 Å². The van der Waals surface area contributed by atoms with E-state index < -0.39 is 22.5 Å². The number of rotatable bonds is 9. The third-order valence-electron chi connectivity index (χ3n) is 3.71. The molecule has 0 bridgehead atoms. The van der Waals surface area contributed by atoms with E-state index >= 15 is 0 Å².